The second kappa shape index (κ2) is 11.5. The minimum absolute atomic E-state index is 0. The lowest BCUT2D eigenvalue weighted by molar-refractivity contribution is -0.123. The number of rotatable bonds is 8. The zero-order chi connectivity index (χ0) is 20.8. The second-order valence-corrected chi connectivity index (χ2v) is 7.73. The van der Waals surface area contributed by atoms with Crippen molar-refractivity contribution >= 4 is 47.4 Å². The SMILES string of the molecule is CN=C(NCc1cccc(OCC(=O)NC2CC2)c1)N(C)Cc1cc(Cl)cn1C.I. The molecule has 0 spiro atoms. The van der Waals surface area contributed by atoms with Crippen LogP contribution >= 0.6 is 35.6 Å². The average Bonchev–Trinajstić information content (AvgIpc) is 3.44. The van der Waals surface area contributed by atoms with Crippen LogP contribution in [0.5, 0.6) is 5.75 Å². The van der Waals surface area contributed by atoms with E-state index in [1.165, 1.54) is 0 Å². The zero-order valence-electron chi connectivity index (χ0n) is 17.5. The second-order valence-electron chi connectivity index (χ2n) is 7.30. The number of ether oxygens (including phenoxy) is 1. The molecular weight excluding hydrogens is 517 g/mol. The fourth-order valence-corrected chi connectivity index (χ4v) is 3.27. The molecule has 0 unspecified atom stereocenters. The Bertz CT molecular complexity index is 882. The molecule has 7 nitrogen and oxygen atoms in total. The third-order valence-electron chi connectivity index (χ3n) is 4.71. The molecule has 3 rings (SSSR count). The molecular formula is C21H29ClIN5O2. The van der Waals surface area contributed by atoms with Gasteiger partial charge in [-0.1, -0.05) is 23.7 Å². The summed E-state index contributed by atoms with van der Waals surface area (Å²) in [5, 5.41) is 7.00. The maximum absolute atomic E-state index is 11.8. The molecule has 1 aromatic heterocycles. The number of aromatic nitrogens is 1. The maximum atomic E-state index is 11.8. The van der Waals surface area contributed by atoms with Crippen LogP contribution in [-0.4, -0.2) is 48.1 Å². The number of nitrogens with one attached hydrogen (secondary N) is 2. The summed E-state index contributed by atoms with van der Waals surface area (Å²) in [7, 11) is 5.71. The summed E-state index contributed by atoms with van der Waals surface area (Å²) in [5.74, 6) is 1.38. The highest BCUT2D eigenvalue weighted by atomic mass is 127. The van der Waals surface area contributed by atoms with Crippen molar-refractivity contribution in [1.82, 2.24) is 20.1 Å². The lowest BCUT2D eigenvalue weighted by Gasteiger charge is -2.22. The molecule has 1 aliphatic carbocycles. The number of guanidine groups is 1. The van der Waals surface area contributed by atoms with E-state index in [0.29, 0.717) is 24.9 Å². The summed E-state index contributed by atoms with van der Waals surface area (Å²) in [5.41, 5.74) is 2.14. The summed E-state index contributed by atoms with van der Waals surface area (Å²) in [4.78, 5) is 18.2. The van der Waals surface area contributed by atoms with Crippen LogP contribution in [0.1, 0.15) is 24.1 Å². The van der Waals surface area contributed by atoms with Gasteiger partial charge in [0.25, 0.3) is 5.91 Å². The van der Waals surface area contributed by atoms with Gasteiger partial charge in [-0.2, -0.15) is 0 Å². The smallest absolute Gasteiger partial charge is 0.258 e. The number of hydrogen-bond donors (Lipinski definition) is 2. The van der Waals surface area contributed by atoms with Crippen molar-refractivity contribution in [3.8, 4) is 5.75 Å². The third-order valence-corrected chi connectivity index (χ3v) is 4.92. The molecule has 1 saturated carbocycles. The number of aliphatic imine (C=N–C) groups is 1. The number of carbonyl (C=O) groups is 1. The van der Waals surface area contributed by atoms with Crippen molar-refractivity contribution in [2.45, 2.75) is 32.0 Å². The van der Waals surface area contributed by atoms with Crippen LogP contribution in [0.15, 0.2) is 41.5 Å². The molecule has 1 aromatic carbocycles. The minimum atomic E-state index is -0.0705. The van der Waals surface area contributed by atoms with Crippen LogP contribution in [0.3, 0.4) is 0 Å². The van der Waals surface area contributed by atoms with E-state index in [0.717, 1.165) is 35.1 Å². The van der Waals surface area contributed by atoms with Gasteiger partial charge in [0, 0.05) is 45.6 Å². The Morgan fingerprint density at radius 1 is 1.37 bits per heavy atom. The summed E-state index contributed by atoms with van der Waals surface area (Å²) in [6.45, 7) is 1.32. The molecule has 9 heteroatoms. The summed E-state index contributed by atoms with van der Waals surface area (Å²) >= 11 is 6.07. The highest BCUT2D eigenvalue weighted by molar-refractivity contribution is 14.0. The summed E-state index contributed by atoms with van der Waals surface area (Å²) in [6, 6.07) is 10.0. The molecule has 2 aromatic rings. The molecule has 30 heavy (non-hydrogen) atoms. The molecule has 1 fully saturated rings. The van der Waals surface area contributed by atoms with Crippen molar-refractivity contribution in [3.63, 3.8) is 0 Å². The van der Waals surface area contributed by atoms with Gasteiger partial charge in [-0.3, -0.25) is 9.79 Å². The van der Waals surface area contributed by atoms with Crippen LogP contribution in [0.4, 0.5) is 0 Å². The van der Waals surface area contributed by atoms with Crippen LogP contribution in [-0.2, 0) is 24.9 Å². The first-order valence-corrected chi connectivity index (χ1v) is 10.1. The Hall–Kier alpha value is -1.94. The van der Waals surface area contributed by atoms with E-state index in [1.54, 1.807) is 7.05 Å². The van der Waals surface area contributed by atoms with Crippen molar-refractivity contribution in [2.75, 3.05) is 20.7 Å². The molecule has 0 atom stereocenters. The standard InChI is InChI=1S/C21H28ClN5O2.HI/c1-23-21(27(3)13-18-10-16(22)12-26(18)2)24-11-15-5-4-6-19(9-15)29-14-20(28)25-17-7-8-17;/h4-6,9-10,12,17H,7-8,11,13-14H2,1-3H3,(H,23,24)(H,25,28);1H. The molecule has 0 radical (unpaired) electrons. The quantitative estimate of drug-likeness (QED) is 0.304. The van der Waals surface area contributed by atoms with Gasteiger partial charge in [0.1, 0.15) is 5.75 Å². The van der Waals surface area contributed by atoms with E-state index >= 15 is 0 Å². The van der Waals surface area contributed by atoms with E-state index in [4.69, 9.17) is 16.3 Å². The Balaban J connectivity index is 0.00000320. The van der Waals surface area contributed by atoms with Crippen molar-refractivity contribution in [1.29, 1.82) is 0 Å². The monoisotopic (exact) mass is 545 g/mol. The molecule has 164 valence electrons. The van der Waals surface area contributed by atoms with Gasteiger partial charge in [-0.15, -0.1) is 24.0 Å². The zero-order valence-corrected chi connectivity index (χ0v) is 20.6. The van der Waals surface area contributed by atoms with E-state index in [9.17, 15) is 4.79 Å². The number of amides is 1. The van der Waals surface area contributed by atoms with Crippen LogP contribution in [0.2, 0.25) is 5.02 Å². The lowest BCUT2D eigenvalue weighted by Crippen LogP contribution is -2.38. The summed E-state index contributed by atoms with van der Waals surface area (Å²) in [6.07, 6.45) is 4.02. The number of carbonyl (C=O) groups excluding carboxylic acids is 1. The Labute approximate surface area is 199 Å². The predicted molar refractivity (Wildman–Crippen MR) is 131 cm³/mol. The molecule has 1 aliphatic rings. The highest BCUT2D eigenvalue weighted by Crippen LogP contribution is 2.19. The van der Waals surface area contributed by atoms with Crippen LogP contribution in [0, 0.1) is 0 Å². The van der Waals surface area contributed by atoms with Crippen molar-refractivity contribution < 1.29 is 9.53 Å². The van der Waals surface area contributed by atoms with Gasteiger partial charge >= 0.3 is 0 Å². The van der Waals surface area contributed by atoms with Gasteiger partial charge in [-0.25, -0.2) is 0 Å². The van der Waals surface area contributed by atoms with Gasteiger partial charge < -0.3 is 24.8 Å². The summed E-state index contributed by atoms with van der Waals surface area (Å²) < 4.78 is 7.62. The molecule has 0 saturated heterocycles. The van der Waals surface area contributed by atoms with Gasteiger partial charge in [0.15, 0.2) is 12.6 Å². The van der Waals surface area contributed by atoms with Crippen LogP contribution < -0.4 is 15.4 Å². The van der Waals surface area contributed by atoms with E-state index in [1.807, 2.05) is 60.1 Å². The number of nitrogens with zero attached hydrogens (tertiary/aromatic N) is 3. The van der Waals surface area contributed by atoms with Gasteiger partial charge in [0.05, 0.1) is 11.6 Å². The lowest BCUT2D eigenvalue weighted by atomic mass is 10.2. The maximum Gasteiger partial charge on any atom is 0.258 e. The first-order chi connectivity index (χ1) is 13.9. The van der Waals surface area contributed by atoms with E-state index in [-0.39, 0.29) is 36.5 Å². The van der Waals surface area contributed by atoms with Crippen molar-refractivity contribution in [2.24, 2.45) is 12.0 Å². The first kappa shape index (κ1) is 24.3. The largest absolute Gasteiger partial charge is 0.484 e. The first-order valence-electron chi connectivity index (χ1n) is 9.68. The number of benzene rings is 1. The number of hydrogen-bond acceptors (Lipinski definition) is 3. The molecule has 1 heterocycles. The van der Waals surface area contributed by atoms with Crippen LogP contribution in [0.25, 0.3) is 0 Å². The minimum Gasteiger partial charge on any atom is -0.484 e. The molecule has 1 amide bonds. The molecule has 0 bridgehead atoms. The van der Waals surface area contributed by atoms with Gasteiger partial charge in [-0.05, 0) is 36.6 Å². The predicted octanol–water partition coefficient (Wildman–Crippen LogP) is 3.16. The van der Waals surface area contributed by atoms with E-state index < -0.39 is 0 Å². The highest BCUT2D eigenvalue weighted by Gasteiger charge is 2.23. The fourth-order valence-electron chi connectivity index (χ4n) is 3.00. The van der Waals surface area contributed by atoms with Gasteiger partial charge in [0.2, 0.25) is 0 Å². The third kappa shape index (κ3) is 7.39. The van der Waals surface area contributed by atoms with Crippen molar-refractivity contribution in [3.05, 3.63) is 52.8 Å². The molecule has 0 aliphatic heterocycles. The fraction of sp³-hybridized carbons (Fsp3) is 0.429. The Morgan fingerprint density at radius 3 is 2.77 bits per heavy atom. The van der Waals surface area contributed by atoms with E-state index in [2.05, 4.69) is 15.6 Å². The Kier molecular flexibility index (Phi) is 9.29. The average molecular weight is 546 g/mol. The molecule has 2 N–H and O–H groups in total. The topological polar surface area (TPSA) is 70.9 Å². The normalized spacial score (nSPS) is 13.4. The number of aryl methyl sites for hydroxylation is 1. The number of halogens is 2. The Morgan fingerprint density at radius 2 is 2.13 bits per heavy atom.